The van der Waals surface area contributed by atoms with Gasteiger partial charge in [0.05, 0.1) is 13.2 Å². The Labute approximate surface area is 232 Å². The molecule has 0 aliphatic heterocycles. The minimum Gasteiger partial charge on any atom is -0.394 e. The van der Waals surface area contributed by atoms with Gasteiger partial charge in [0.2, 0.25) is 0 Å². The number of aliphatic hydroxyl groups excluding tert-OH is 1. The summed E-state index contributed by atoms with van der Waals surface area (Å²) in [5.41, 5.74) is 0. The molecule has 0 atom stereocenters. The summed E-state index contributed by atoms with van der Waals surface area (Å²) in [6.07, 6.45) is 23.7. The molecule has 0 aromatic carbocycles. The molecule has 38 heavy (non-hydrogen) atoms. The van der Waals surface area contributed by atoms with Crippen LogP contribution in [0.2, 0.25) is 0 Å². The number of ether oxygens (including phenoxy) is 1. The highest BCUT2D eigenvalue weighted by atomic mass is 16.5. The van der Waals surface area contributed by atoms with Crippen molar-refractivity contribution in [3.05, 3.63) is 0 Å². The highest BCUT2D eigenvalue weighted by molar-refractivity contribution is 5.49. The van der Waals surface area contributed by atoms with Crippen LogP contribution in [0.5, 0.6) is 0 Å². The molecular weight excluding hydrogens is 492 g/mol. The summed E-state index contributed by atoms with van der Waals surface area (Å²) in [5.74, 6) is 0. The Kier molecular flexibility index (Phi) is 115. The molecule has 0 radical (unpaired) electrons. The summed E-state index contributed by atoms with van der Waals surface area (Å²) < 4.78 is 5.22. The molecule has 0 rings (SSSR count). The second kappa shape index (κ2) is 83.7. The molecule has 0 spiro atoms. The molecule has 0 aliphatic rings. The van der Waals surface area contributed by atoms with Crippen LogP contribution in [-0.2, 0) is 38.3 Å². The fourth-order valence-electron chi connectivity index (χ4n) is 3.02. The number of carbonyl (C=O) groups is 7. The van der Waals surface area contributed by atoms with Crippen LogP contribution in [0.4, 0.5) is 0 Å². The van der Waals surface area contributed by atoms with Gasteiger partial charge in [-0.25, -0.2) is 0 Å². The van der Waals surface area contributed by atoms with Crippen LogP contribution in [0.3, 0.4) is 0 Å². The largest absolute Gasteiger partial charge is 0.394 e. The Morgan fingerprint density at radius 3 is 1.05 bits per heavy atom. The summed E-state index contributed by atoms with van der Waals surface area (Å²) in [5, 5.41) is 8.52. The lowest BCUT2D eigenvalue weighted by Crippen LogP contribution is -2.00. The van der Waals surface area contributed by atoms with E-state index in [2.05, 4.69) is 6.92 Å². The van der Waals surface area contributed by atoms with Gasteiger partial charge in [0.1, 0.15) is 46.5 Å². The van der Waals surface area contributed by atoms with E-state index in [0.717, 1.165) is 57.7 Å². The third-order valence-electron chi connectivity index (χ3n) is 4.77. The SMILES string of the molecule is C=O.C=O.C=O.C=O.C=O.CCCCCCCCCCCCCOCCO.O=CCCCCCCCC=O. The first-order valence-corrected chi connectivity index (χ1v) is 13.3. The Bertz CT molecular complexity index is 321. The van der Waals surface area contributed by atoms with Crippen LogP contribution in [0.15, 0.2) is 0 Å². The van der Waals surface area contributed by atoms with E-state index in [0.29, 0.717) is 19.4 Å². The third-order valence-corrected chi connectivity index (χ3v) is 4.77. The lowest BCUT2D eigenvalue weighted by Gasteiger charge is -2.03. The van der Waals surface area contributed by atoms with Gasteiger partial charge in [-0.1, -0.05) is 90.4 Å². The third kappa shape index (κ3) is 92.9. The van der Waals surface area contributed by atoms with Crippen LogP contribution in [-0.4, -0.2) is 71.4 Å². The van der Waals surface area contributed by atoms with Crippen molar-refractivity contribution in [1.82, 2.24) is 0 Å². The number of hydrogen-bond acceptors (Lipinski definition) is 9. The van der Waals surface area contributed by atoms with E-state index in [4.69, 9.17) is 33.8 Å². The van der Waals surface area contributed by atoms with Crippen molar-refractivity contribution in [2.75, 3.05) is 19.8 Å². The Balaban J connectivity index is -0.0000000788. The van der Waals surface area contributed by atoms with Gasteiger partial charge in [0, 0.05) is 19.4 Å². The lowest BCUT2D eigenvalue weighted by atomic mass is 10.1. The first-order valence-electron chi connectivity index (χ1n) is 13.3. The van der Waals surface area contributed by atoms with Crippen molar-refractivity contribution in [2.45, 2.75) is 122 Å². The maximum atomic E-state index is 9.89. The molecule has 1 N–H and O–H groups in total. The van der Waals surface area contributed by atoms with Crippen molar-refractivity contribution in [2.24, 2.45) is 0 Å². The molecule has 0 amide bonds. The van der Waals surface area contributed by atoms with Crippen LogP contribution in [0.1, 0.15) is 122 Å². The maximum absolute atomic E-state index is 9.89. The monoisotopic (exact) mass is 550 g/mol. The second-order valence-electron chi connectivity index (χ2n) is 7.55. The topological polar surface area (TPSA) is 149 Å². The zero-order valence-electron chi connectivity index (χ0n) is 24.3. The van der Waals surface area contributed by atoms with Crippen LogP contribution in [0, 0.1) is 0 Å². The average Bonchev–Trinajstić information content (AvgIpc) is 3.00. The van der Waals surface area contributed by atoms with Crippen molar-refractivity contribution in [3.8, 4) is 0 Å². The van der Waals surface area contributed by atoms with Gasteiger partial charge in [-0.05, 0) is 19.3 Å². The predicted molar refractivity (Wildman–Crippen MR) is 154 cm³/mol. The average molecular weight is 551 g/mol. The first-order chi connectivity index (χ1) is 18.8. The number of carbonyl (C=O) groups excluding carboxylic acids is 7. The minimum absolute atomic E-state index is 0.151. The van der Waals surface area contributed by atoms with Gasteiger partial charge in [0.25, 0.3) is 0 Å². The molecule has 0 bridgehead atoms. The Morgan fingerprint density at radius 1 is 0.474 bits per heavy atom. The van der Waals surface area contributed by atoms with E-state index in [1.165, 1.54) is 64.2 Å². The molecule has 0 aromatic rings. The number of aliphatic hydroxyl groups is 1. The molecule has 0 saturated carbocycles. The van der Waals surface area contributed by atoms with Crippen LogP contribution >= 0.6 is 0 Å². The van der Waals surface area contributed by atoms with E-state index in [-0.39, 0.29) is 6.61 Å². The van der Waals surface area contributed by atoms with E-state index in [1.807, 2.05) is 33.9 Å². The normalized spacial score (nSPS) is 8.16. The lowest BCUT2D eigenvalue weighted by molar-refractivity contribution is -0.108. The Morgan fingerprint density at radius 2 is 0.763 bits per heavy atom. The van der Waals surface area contributed by atoms with Crippen molar-refractivity contribution in [3.63, 3.8) is 0 Å². The van der Waals surface area contributed by atoms with Crippen molar-refractivity contribution < 1.29 is 43.4 Å². The summed E-state index contributed by atoms with van der Waals surface area (Å²) in [4.78, 5) is 59.8. The van der Waals surface area contributed by atoms with Gasteiger partial charge in [-0.3, -0.25) is 0 Å². The zero-order valence-corrected chi connectivity index (χ0v) is 24.3. The van der Waals surface area contributed by atoms with E-state index in [9.17, 15) is 9.59 Å². The molecule has 0 unspecified atom stereocenters. The molecule has 0 fully saturated rings. The second-order valence-corrected chi connectivity index (χ2v) is 7.55. The van der Waals surface area contributed by atoms with Gasteiger partial charge in [0.15, 0.2) is 0 Å². The minimum atomic E-state index is 0.151. The van der Waals surface area contributed by atoms with Gasteiger partial charge in [-0.15, -0.1) is 0 Å². The van der Waals surface area contributed by atoms with Gasteiger partial charge >= 0.3 is 0 Å². The summed E-state index contributed by atoms with van der Waals surface area (Å²) in [6.45, 7) is 13.7. The standard InChI is InChI=1S/C15H32O2.C9H16O2.5CH2O/c1-2-3-4-5-6-7-8-9-10-11-12-14-17-15-13-16;10-8-6-4-2-1-3-5-7-9-11;5*1-2/h16H,2-15H2,1H3;8-9H,1-7H2;5*1H2. The molecule has 0 heterocycles. The quantitative estimate of drug-likeness (QED) is 0.136. The van der Waals surface area contributed by atoms with Crippen LogP contribution < -0.4 is 0 Å². The fourth-order valence-corrected chi connectivity index (χ4v) is 3.02. The van der Waals surface area contributed by atoms with Crippen molar-refractivity contribution >= 4 is 46.5 Å². The van der Waals surface area contributed by atoms with E-state index < -0.39 is 0 Å². The number of aldehydes is 2. The highest BCUT2D eigenvalue weighted by Crippen LogP contribution is 2.11. The molecular formula is C29H58O9. The predicted octanol–water partition coefficient (Wildman–Crippen LogP) is 5.50. The summed E-state index contributed by atoms with van der Waals surface area (Å²) >= 11 is 0. The van der Waals surface area contributed by atoms with Crippen molar-refractivity contribution in [1.29, 1.82) is 0 Å². The maximum Gasteiger partial charge on any atom is 0.119 e. The van der Waals surface area contributed by atoms with E-state index >= 15 is 0 Å². The van der Waals surface area contributed by atoms with Gasteiger partial charge < -0.3 is 43.4 Å². The number of unbranched alkanes of at least 4 members (excludes halogenated alkanes) is 16. The fraction of sp³-hybridized carbons (Fsp3) is 0.759. The zero-order chi connectivity index (χ0) is 31.0. The molecule has 228 valence electrons. The molecule has 9 heteroatoms. The smallest absolute Gasteiger partial charge is 0.119 e. The van der Waals surface area contributed by atoms with Gasteiger partial charge in [-0.2, -0.15) is 0 Å². The molecule has 9 nitrogen and oxygen atoms in total. The Hall–Kier alpha value is -2.39. The van der Waals surface area contributed by atoms with E-state index in [1.54, 1.807) is 0 Å². The number of hydrogen-bond donors (Lipinski definition) is 1. The molecule has 0 aromatic heterocycles. The molecule has 0 aliphatic carbocycles. The number of rotatable bonds is 22. The van der Waals surface area contributed by atoms with Crippen LogP contribution in [0.25, 0.3) is 0 Å². The first kappa shape index (κ1) is 52.1. The highest BCUT2D eigenvalue weighted by Gasteiger charge is 1.93. The summed E-state index contributed by atoms with van der Waals surface area (Å²) in [6, 6.07) is 0. The summed E-state index contributed by atoms with van der Waals surface area (Å²) in [7, 11) is 0. The molecule has 0 saturated heterocycles.